The van der Waals surface area contributed by atoms with E-state index in [4.69, 9.17) is 0 Å². The molecule has 0 aromatic heterocycles. The van der Waals surface area contributed by atoms with Crippen LogP contribution in [0.4, 0.5) is 4.79 Å². The van der Waals surface area contributed by atoms with Crippen molar-refractivity contribution in [3.8, 4) is 0 Å². The number of nitrogens with one attached hydrogen (secondary N) is 1. The summed E-state index contributed by atoms with van der Waals surface area (Å²) in [4.78, 5) is 14.3. The van der Waals surface area contributed by atoms with Gasteiger partial charge in [-0.3, -0.25) is 0 Å². The first-order valence-corrected chi connectivity index (χ1v) is 9.33. The van der Waals surface area contributed by atoms with E-state index in [0.717, 1.165) is 42.9 Å². The van der Waals surface area contributed by atoms with E-state index in [1.54, 1.807) is 4.90 Å². The highest BCUT2D eigenvalue weighted by Gasteiger charge is 2.54. The number of aliphatic hydroxyl groups excluding tert-OH is 1. The highest BCUT2D eigenvalue weighted by Crippen LogP contribution is 2.58. The maximum absolute atomic E-state index is 12.5. The van der Waals surface area contributed by atoms with Crippen molar-refractivity contribution in [2.45, 2.75) is 63.5 Å². The van der Waals surface area contributed by atoms with Crippen molar-refractivity contribution in [2.75, 3.05) is 13.6 Å². The smallest absolute Gasteiger partial charge is 0.317 e. The third-order valence-electron chi connectivity index (χ3n) is 7.21. The van der Waals surface area contributed by atoms with Crippen LogP contribution < -0.4 is 5.32 Å². The Balaban J connectivity index is 1.31. The SMILES string of the molecule is CN(CC1CCCC1O)C(=O)NC1CC2CC1C1CCCC21. The monoisotopic (exact) mass is 306 g/mol. The van der Waals surface area contributed by atoms with Gasteiger partial charge in [-0.2, -0.15) is 0 Å². The van der Waals surface area contributed by atoms with Crippen molar-refractivity contribution in [1.82, 2.24) is 10.2 Å². The lowest BCUT2D eigenvalue weighted by Crippen LogP contribution is -2.48. The number of urea groups is 1. The Morgan fingerprint density at radius 1 is 1.09 bits per heavy atom. The highest BCUT2D eigenvalue weighted by atomic mass is 16.3. The average Bonchev–Trinajstić information content (AvgIpc) is 3.21. The number of rotatable bonds is 3. The first kappa shape index (κ1) is 14.8. The summed E-state index contributed by atoms with van der Waals surface area (Å²) in [7, 11) is 1.88. The van der Waals surface area contributed by atoms with E-state index in [9.17, 15) is 9.90 Å². The Hall–Kier alpha value is -0.770. The van der Waals surface area contributed by atoms with Crippen LogP contribution in [0.1, 0.15) is 51.4 Å². The largest absolute Gasteiger partial charge is 0.393 e. The van der Waals surface area contributed by atoms with E-state index < -0.39 is 0 Å². The summed E-state index contributed by atoms with van der Waals surface area (Å²) in [6.07, 6.45) is 9.62. The Labute approximate surface area is 133 Å². The predicted molar refractivity (Wildman–Crippen MR) is 85.3 cm³/mol. The Bertz CT molecular complexity index is 441. The van der Waals surface area contributed by atoms with Crippen LogP contribution in [0.2, 0.25) is 0 Å². The first-order chi connectivity index (χ1) is 10.6. The van der Waals surface area contributed by atoms with Crippen molar-refractivity contribution in [2.24, 2.45) is 29.6 Å². The lowest BCUT2D eigenvalue weighted by Gasteiger charge is -2.33. The summed E-state index contributed by atoms with van der Waals surface area (Å²) in [5, 5.41) is 13.3. The molecule has 124 valence electrons. The fourth-order valence-electron chi connectivity index (χ4n) is 6.17. The van der Waals surface area contributed by atoms with Gasteiger partial charge in [-0.05, 0) is 62.2 Å². The van der Waals surface area contributed by atoms with Gasteiger partial charge < -0.3 is 15.3 Å². The molecule has 4 fully saturated rings. The summed E-state index contributed by atoms with van der Waals surface area (Å²) < 4.78 is 0. The molecule has 0 saturated heterocycles. The van der Waals surface area contributed by atoms with Crippen molar-refractivity contribution < 1.29 is 9.90 Å². The Kier molecular flexibility index (Phi) is 3.83. The number of fused-ring (bicyclic) bond motifs is 5. The Morgan fingerprint density at radius 2 is 1.86 bits per heavy atom. The van der Waals surface area contributed by atoms with Gasteiger partial charge in [0.05, 0.1) is 6.10 Å². The molecule has 4 aliphatic rings. The molecule has 22 heavy (non-hydrogen) atoms. The van der Waals surface area contributed by atoms with Gasteiger partial charge in [-0.25, -0.2) is 4.79 Å². The molecular weight excluding hydrogens is 276 g/mol. The van der Waals surface area contributed by atoms with Crippen LogP contribution in [0, 0.1) is 29.6 Å². The van der Waals surface area contributed by atoms with Gasteiger partial charge in [0.2, 0.25) is 0 Å². The summed E-state index contributed by atoms with van der Waals surface area (Å²) in [5.74, 6) is 3.77. The van der Waals surface area contributed by atoms with E-state index in [1.165, 1.54) is 32.1 Å². The third-order valence-corrected chi connectivity index (χ3v) is 7.21. The second kappa shape index (κ2) is 5.70. The fourth-order valence-corrected chi connectivity index (χ4v) is 6.17. The molecule has 0 aromatic rings. The van der Waals surface area contributed by atoms with Crippen molar-refractivity contribution in [3.63, 3.8) is 0 Å². The van der Waals surface area contributed by atoms with Crippen molar-refractivity contribution in [1.29, 1.82) is 0 Å². The summed E-state index contributed by atoms with van der Waals surface area (Å²) >= 11 is 0. The average molecular weight is 306 g/mol. The zero-order valence-corrected chi connectivity index (χ0v) is 13.7. The molecule has 4 heteroatoms. The summed E-state index contributed by atoms with van der Waals surface area (Å²) in [6.45, 7) is 0.694. The summed E-state index contributed by atoms with van der Waals surface area (Å²) in [6, 6.07) is 0.485. The van der Waals surface area contributed by atoms with Crippen LogP contribution in [-0.2, 0) is 0 Å². The molecule has 2 bridgehead atoms. The maximum atomic E-state index is 12.5. The van der Waals surface area contributed by atoms with Gasteiger partial charge in [0.25, 0.3) is 0 Å². The standard InChI is InChI=1S/C18H30N2O2/c1-20(10-11-4-2-7-17(11)21)18(22)19-16-9-12-8-15(16)14-6-3-5-13(12)14/h11-17,21H,2-10H2,1H3,(H,19,22). The molecule has 2 amide bonds. The van der Waals surface area contributed by atoms with Crippen LogP contribution in [0.25, 0.3) is 0 Å². The summed E-state index contributed by atoms with van der Waals surface area (Å²) in [5.41, 5.74) is 0. The molecule has 0 aromatic carbocycles. The molecular formula is C18H30N2O2. The quantitative estimate of drug-likeness (QED) is 0.842. The van der Waals surface area contributed by atoms with Gasteiger partial charge in [-0.15, -0.1) is 0 Å². The maximum Gasteiger partial charge on any atom is 0.317 e. The molecule has 2 N–H and O–H groups in total. The zero-order chi connectivity index (χ0) is 15.3. The topological polar surface area (TPSA) is 52.6 Å². The number of hydrogen-bond acceptors (Lipinski definition) is 2. The van der Waals surface area contributed by atoms with Crippen LogP contribution in [-0.4, -0.2) is 41.8 Å². The number of aliphatic hydroxyl groups is 1. The molecule has 4 rings (SSSR count). The van der Waals surface area contributed by atoms with Crippen LogP contribution in [0.15, 0.2) is 0 Å². The van der Waals surface area contributed by atoms with Gasteiger partial charge >= 0.3 is 6.03 Å². The number of hydrogen-bond donors (Lipinski definition) is 2. The third kappa shape index (κ3) is 2.44. The number of carbonyl (C=O) groups is 1. The minimum Gasteiger partial charge on any atom is -0.393 e. The van der Waals surface area contributed by atoms with Crippen LogP contribution in [0.3, 0.4) is 0 Å². The van der Waals surface area contributed by atoms with E-state index in [0.29, 0.717) is 12.6 Å². The molecule has 0 heterocycles. The second-order valence-corrected chi connectivity index (χ2v) is 8.35. The van der Waals surface area contributed by atoms with E-state index in [2.05, 4.69) is 5.32 Å². The van der Waals surface area contributed by atoms with Gasteiger partial charge in [0.1, 0.15) is 0 Å². The molecule has 0 radical (unpaired) electrons. The van der Waals surface area contributed by atoms with E-state index >= 15 is 0 Å². The Morgan fingerprint density at radius 3 is 2.64 bits per heavy atom. The van der Waals surface area contributed by atoms with Crippen LogP contribution >= 0.6 is 0 Å². The lowest BCUT2D eigenvalue weighted by atomic mass is 9.79. The minimum atomic E-state index is -0.211. The molecule has 4 aliphatic carbocycles. The minimum absolute atomic E-state index is 0.0752. The van der Waals surface area contributed by atoms with Gasteiger partial charge in [-0.1, -0.05) is 12.8 Å². The molecule has 4 saturated carbocycles. The van der Waals surface area contributed by atoms with Crippen molar-refractivity contribution >= 4 is 6.03 Å². The van der Waals surface area contributed by atoms with E-state index in [-0.39, 0.29) is 18.1 Å². The molecule has 0 spiro atoms. The van der Waals surface area contributed by atoms with Gasteiger partial charge in [0, 0.05) is 25.6 Å². The molecule has 7 atom stereocenters. The zero-order valence-electron chi connectivity index (χ0n) is 13.7. The first-order valence-electron chi connectivity index (χ1n) is 9.33. The molecule has 4 nitrogen and oxygen atoms in total. The fraction of sp³-hybridized carbons (Fsp3) is 0.944. The number of nitrogens with zero attached hydrogens (tertiary/aromatic N) is 1. The molecule has 0 aliphatic heterocycles. The van der Waals surface area contributed by atoms with Crippen molar-refractivity contribution in [3.05, 3.63) is 0 Å². The normalized spacial score (nSPS) is 46.0. The molecule has 7 unspecified atom stereocenters. The number of amides is 2. The van der Waals surface area contributed by atoms with Crippen LogP contribution in [0.5, 0.6) is 0 Å². The van der Waals surface area contributed by atoms with E-state index in [1.807, 2.05) is 7.05 Å². The second-order valence-electron chi connectivity index (χ2n) is 8.35. The number of carbonyl (C=O) groups excluding carboxylic acids is 1. The highest BCUT2D eigenvalue weighted by molar-refractivity contribution is 5.74. The van der Waals surface area contributed by atoms with Gasteiger partial charge in [0.15, 0.2) is 0 Å². The lowest BCUT2D eigenvalue weighted by molar-refractivity contribution is 0.112. The predicted octanol–water partition coefficient (Wildman–Crippen LogP) is 2.61.